The summed E-state index contributed by atoms with van der Waals surface area (Å²) in [6.45, 7) is 2.47. The highest BCUT2D eigenvalue weighted by Gasteiger charge is 2.51. The summed E-state index contributed by atoms with van der Waals surface area (Å²) < 4.78 is 1.63. The Morgan fingerprint density at radius 1 is 1.23 bits per heavy atom. The maximum atomic E-state index is 13.0. The third-order valence-electron chi connectivity index (χ3n) is 6.54. The quantitative estimate of drug-likeness (QED) is 0.408. The highest BCUT2D eigenvalue weighted by Crippen LogP contribution is 2.48. The number of thiazole rings is 1. The molecule has 2 bridgehead atoms. The van der Waals surface area contributed by atoms with E-state index in [1.165, 1.54) is 23.1 Å². The van der Waals surface area contributed by atoms with E-state index in [0.29, 0.717) is 22.8 Å². The van der Waals surface area contributed by atoms with E-state index in [-0.39, 0.29) is 17.7 Å². The lowest BCUT2D eigenvalue weighted by Gasteiger charge is -2.23. The normalized spacial score (nSPS) is 22.4. The number of anilines is 1. The lowest BCUT2D eigenvalue weighted by atomic mass is 9.82. The van der Waals surface area contributed by atoms with Crippen LogP contribution in [0.3, 0.4) is 0 Å². The maximum absolute atomic E-state index is 13.0. The zero-order chi connectivity index (χ0) is 24.7. The van der Waals surface area contributed by atoms with Gasteiger partial charge in [0.05, 0.1) is 27.6 Å². The summed E-state index contributed by atoms with van der Waals surface area (Å²) in [7, 11) is 1.84. The van der Waals surface area contributed by atoms with Crippen LogP contribution in [0.5, 0.6) is 0 Å². The molecule has 2 aliphatic carbocycles. The number of benzene rings is 1. The molecule has 0 radical (unpaired) electrons. The number of nitrogens with one attached hydrogen (secondary N) is 2. The second kappa shape index (κ2) is 9.41. The van der Waals surface area contributed by atoms with Gasteiger partial charge in [-0.3, -0.25) is 9.59 Å². The lowest BCUT2D eigenvalue weighted by Crippen LogP contribution is -2.36. The second-order valence-electron chi connectivity index (χ2n) is 8.84. The Labute approximate surface area is 210 Å². The van der Waals surface area contributed by atoms with Gasteiger partial charge in [0, 0.05) is 17.9 Å². The molecule has 4 atom stereocenters. The molecule has 2 aliphatic rings. The van der Waals surface area contributed by atoms with Crippen molar-refractivity contribution < 1.29 is 14.7 Å². The van der Waals surface area contributed by atoms with Crippen LogP contribution in [-0.4, -0.2) is 34.0 Å². The number of carbonyl (C=O) groups excluding carboxylic acids is 1. The number of allylic oxidation sites excluding steroid dienone is 2. The van der Waals surface area contributed by atoms with Crippen LogP contribution < -0.4 is 10.6 Å². The van der Waals surface area contributed by atoms with E-state index in [2.05, 4.69) is 26.7 Å². The number of aryl methyl sites for hydroxylation is 1. The molecule has 1 aromatic carbocycles. The van der Waals surface area contributed by atoms with Crippen LogP contribution in [-0.2, 0) is 16.1 Å². The fraction of sp³-hybridized carbons (Fsp3) is 0.320. The number of nitriles is 1. The minimum atomic E-state index is -0.916. The van der Waals surface area contributed by atoms with Gasteiger partial charge in [0.1, 0.15) is 11.1 Å². The monoisotopic (exact) mass is 505 g/mol. The molecule has 3 aromatic rings. The summed E-state index contributed by atoms with van der Waals surface area (Å²) in [4.78, 5) is 34.0. The van der Waals surface area contributed by atoms with Crippen LogP contribution in [0.4, 0.5) is 5.69 Å². The third kappa shape index (κ3) is 4.43. The number of rotatable bonds is 7. The van der Waals surface area contributed by atoms with Crippen LogP contribution in [0.15, 0.2) is 45.8 Å². The highest BCUT2D eigenvalue weighted by atomic mass is 32.2. The number of hydrogen-bond donors (Lipinski definition) is 3. The summed E-state index contributed by atoms with van der Waals surface area (Å²) in [5, 5.41) is 26.0. The van der Waals surface area contributed by atoms with Gasteiger partial charge in [0.2, 0.25) is 5.91 Å². The second-order valence-corrected chi connectivity index (χ2v) is 11.1. The molecule has 35 heavy (non-hydrogen) atoms. The number of amides is 1. The van der Waals surface area contributed by atoms with E-state index in [0.717, 1.165) is 32.2 Å². The fourth-order valence-corrected chi connectivity index (χ4v) is 7.27. The minimum Gasteiger partial charge on any atom is -0.481 e. The summed E-state index contributed by atoms with van der Waals surface area (Å²) in [6, 6.07) is 9.65. The molecular formula is C25H23N5O3S2. The Hall–Kier alpha value is -3.26. The average Bonchev–Trinajstić information content (AvgIpc) is 3.53. The van der Waals surface area contributed by atoms with Crippen LogP contribution in [0.2, 0.25) is 0 Å². The Kier molecular flexibility index (Phi) is 6.32. The molecule has 0 spiro atoms. The van der Waals surface area contributed by atoms with E-state index >= 15 is 0 Å². The van der Waals surface area contributed by atoms with Crippen molar-refractivity contribution in [2.45, 2.75) is 29.3 Å². The number of aliphatic carboxylic acids is 1. The van der Waals surface area contributed by atoms with Gasteiger partial charge in [0.25, 0.3) is 0 Å². The molecule has 2 heterocycles. The molecule has 2 aromatic heterocycles. The molecule has 8 nitrogen and oxygen atoms in total. The molecule has 0 aliphatic heterocycles. The number of carboxylic acids is 1. The molecule has 0 saturated heterocycles. The van der Waals surface area contributed by atoms with Crippen molar-refractivity contribution >= 4 is 50.9 Å². The summed E-state index contributed by atoms with van der Waals surface area (Å²) in [5.41, 5.74) is 3.66. The van der Waals surface area contributed by atoms with Crippen LogP contribution >= 0.6 is 23.1 Å². The first-order valence-corrected chi connectivity index (χ1v) is 12.9. The number of nitrogens with zero attached hydrogens (tertiary/aromatic N) is 3. The van der Waals surface area contributed by atoms with Gasteiger partial charge >= 0.3 is 5.97 Å². The first kappa shape index (κ1) is 23.5. The number of aromatic nitrogens is 2. The van der Waals surface area contributed by atoms with E-state index in [9.17, 15) is 20.0 Å². The van der Waals surface area contributed by atoms with Gasteiger partial charge in [0.15, 0.2) is 4.34 Å². The number of hydrogen-bond acceptors (Lipinski definition) is 8. The van der Waals surface area contributed by atoms with Crippen molar-refractivity contribution in [3.05, 3.63) is 53.2 Å². The van der Waals surface area contributed by atoms with E-state index in [1.807, 2.05) is 44.3 Å². The molecule has 10 heteroatoms. The van der Waals surface area contributed by atoms with Gasteiger partial charge in [-0.2, -0.15) is 5.26 Å². The Morgan fingerprint density at radius 3 is 2.71 bits per heavy atom. The molecule has 1 saturated carbocycles. The largest absolute Gasteiger partial charge is 0.481 e. The standard InChI is InChI=1S/C25H23N5O3S2/c1-12-7-15(11-27-2)17(10-26)23(28-12)35-25-30-18-6-5-16(9-19(18)34-25)29-22(31)20-13-3-4-14(8-13)21(20)24(32)33/h3-7,9,13-14,20-21,27H,8,11H2,1-2H3,(H,29,31)(H,32,33)/t13-,14-,20-,21+/m0/s1. The first-order chi connectivity index (χ1) is 16.9. The number of pyridine rings is 1. The predicted octanol–water partition coefficient (Wildman–Crippen LogP) is 4.20. The molecule has 3 N–H and O–H groups in total. The Morgan fingerprint density at radius 2 is 2.00 bits per heavy atom. The zero-order valence-corrected chi connectivity index (χ0v) is 20.7. The summed E-state index contributed by atoms with van der Waals surface area (Å²) in [6.07, 6.45) is 4.62. The van der Waals surface area contributed by atoms with Crippen molar-refractivity contribution in [1.82, 2.24) is 15.3 Å². The van der Waals surface area contributed by atoms with Crippen molar-refractivity contribution in [2.75, 3.05) is 12.4 Å². The Bertz CT molecular complexity index is 1410. The molecule has 0 unspecified atom stereocenters. The topological polar surface area (TPSA) is 128 Å². The lowest BCUT2D eigenvalue weighted by molar-refractivity contribution is -0.146. The van der Waals surface area contributed by atoms with E-state index in [1.54, 1.807) is 6.07 Å². The smallest absolute Gasteiger partial charge is 0.307 e. The summed E-state index contributed by atoms with van der Waals surface area (Å²) in [5.74, 6) is -2.51. The van der Waals surface area contributed by atoms with Crippen LogP contribution in [0, 0.1) is 41.9 Å². The van der Waals surface area contributed by atoms with Gasteiger partial charge < -0.3 is 15.7 Å². The minimum absolute atomic E-state index is 0.0276. The molecule has 1 amide bonds. The van der Waals surface area contributed by atoms with Gasteiger partial charge in [-0.1, -0.05) is 12.2 Å². The predicted molar refractivity (Wildman–Crippen MR) is 134 cm³/mol. The molecule has 1 fully saturated rings. The van der Waals surface area contributed by atoms with E-state index < -0.39 is 17.8 Å². The third-order valence-corrected chi connectivity index (χ3v) is 8.61. The number of carboxylic acid groups (broad SMARTS) is 1. The molecule has 5 rings (SSSR count). The number of carbonyl (C=O) groups is 2. The number of fused-ring (bicyclic) bond motifs is 3. The maximum Gasteiger partial charge on any atom is 0.307 e. The van der Waals surface area contributed by atoms with Gasteiger partial charge in [-0.05, 0) is 73.8 Å². The highest BCUT2D eigenvalue weighted by molar-refractivity contribution is 8.01. The van der Waals surface area contributed by atoms with Gasteiger partial charge in [-0.15, -0.1) is 11.3 Å². The van der Waals surface area contributed by atoms with Crippen molar-refractivity contribution in [3.63, 3.8) is 0 Å². The SMILES string of the molecule is CNCc1cc(C)nc(Sc2nc3ccc(NC(=O)[C@@H]4[C@H](C(=O)O)[C@H]5C=C[C@H]4C5)cc3s2)c1C#N. The van der Waals surface area contributed by atoms with Crippen molar-refractivity contribution in [2.24, 2.45) is 23.7 Å². The average molecular weight is 506 g/mol. The molecular weight excluding hydrogens is 482 g/mol. The van der Waals surface area contributed by atoms with E-state index in [4.69, 9.17) is 0 Å². The van der Waals surface area contributed by atoms with Crippen LogP contribution in [0.25, 0.3) is 10.2 Å². The van der Waals surface area contributed by atoms with Crippen molar-refractivity contribution in [1.29, 1.82) is 5.26 Å². The zero-order valence-electron chi connectivity index (χ0n) is 19.1. The first-order valence-electron chi connectivity index (χ1n) is 11.2. The molecule has 178 valence electrons. The van der Waals surface area contributed by atoms with Crippen LogP contribution in [0.1, 0.15) is 23.2 Å². The van der Waals surface area contributed by atoms with Crippen molar-refractivity contribution in [3.8, 4) is 6.07 Å². The van der Waals surface area contributed by atoms with Gasteiger partial charge in [-0.25, -0.2) is 9.97 Å². The Balaban J connectivity index is 1.37. The summed E-state index contributed by atoms with van der Waals surface area (Å²) >= 11 is 2.81. The fourth-order valence-electron chi connectivity index (χ4n) is 5.08.